The van der Waals surface area contributed by atoms with E-state index < -0.39 is 6.10 Å². The summed E-state index contributed by atoms with van der Waals surface area (Å²) in [4.78, 5) is 17.1. The number of aliphatic hydroxyl groups excluding tert-OH is 1. The molecule has 1 heterocycles. The number of hydrogen-bond donors (Lipinski definition) is 1. The third kappa shape index (κ3) is 5.18. The number of aliphatic hydroxyl groups is 1. The highest BCUT2D eigenvalue weighted by molar-refractivity contribution is 6.03. The summed E-state index contributed by atoms with van der Waals surface area (Å²) in [6.45, 7) is 0. The normalized spacial score (nSPS) is 17.7. The lowest BCUT2D eigenvalue weighted by Crippen LogP contribution is -2.55. The number of anilines is 2. The smallest absolute Gasteiger partial charge is 0.233 e. The van der Waals surface area contributed by atoms with E-state index in [-0.39, 0.29) is 29.5 Å². The van der Waals surface area contributed by atoms with Crippen molar-refractivity contribution in [3.63, 3.8) is 0 Å². The quantitative estimate of drug-likeness (QED) is 0.261. The molecule has 0 radical (unpaired) electrons. The van der Waals surface area contributed by atoms with Crippen molar-refractivity contribution in [3.8, 4) is 11.1 Å². The minimum Gasteiger partial charge on any atom is -0.388 e. The Morgan fingerprint density at radius 1 is 0.842 bits per heavy atom. The van der Waals surface area contributed by atoms with E-state index in [0.29, 0.717) is 24.1 Å². The van der Waals surface area contributed by atoms with E-state index in [0.717, 1.165) is 22.4 Å². The van der Waals surface area contributed by atoms with Crippen molar-refractivity contribution in [3.05, 3.63) is 120 Å². The van der Waals surface area contributed by atoms with E-state index in [1.165, 1.54) is 24.3 Å². The van der Waals surface area contributed by atoms with Gasteiger partial charge in [0.2, 0.25) is 5.91 Å². The van der Waals surface area contributed by atoms with Crippen molar-refractivity contribution in [1.82, 2.24) is 0 Å². The van der Waals surface area contributed by atoms with E-state index in [1.54, 1.807) is 29.2 Å². The summed E-state index contributed by atoms with van der Waals surface area (Å²) in [6, 6.07) is 27.9. The third-order valence-corrected chi connectivity index (χ3v) is 7.27. The zero-order chi connectivity index (χ0) is 26.8. The largest absolute Gasteiger partial charge is 0.388 e. The topological polar surface area (TPSA) is 43.8 Å². The summed E-state index contributed by atoms with van der Waals surface area (Å²) in [5, 5.41) is 10.7. The van der Waals surface area contributed by atoms with Crippen LogP contribution in [-0.2, 0) is 4.79 Å². The molecular formula is C32H30F2N2O2. The maximum absolute atomic E-state index is 13.6. The lowest BCUT2D eigenvalue weighted by Gasteiger charge is -2.48. The van der Waals surface area contributed by atoms with Gasteiger partial charge in [-0.1, -0.05) is 48.5 Å². The van der Waals surface area contributed by atoms with Gasteiger partial charge in [-0.2, -0.15) is 0 Å². The van der Waals surface area contributed by atoms with Crippen molar-refractivity contribution in [2.45, 2.75) is 25.0 Å². The molecule has 1 fully saturated rings. The molecule has 1 aliphatic heterocycles. The predicted molar refractivity (Wildman–Crippen MR) is 147 cm³/mol. The second kappa shape index (κ2) is 10.8. The molecule has 0 spiro atoms. The molecule has 4 aromatic carbocycles. The Kier molecular flexibility index (Phi) is 7.25. The highest BCUT2D eigenvalue weighted by Gasteiger charge is 2.48. The molecular weight excluding hydrogens is 482 g/mol. The van der Waals surface area contributed by atoms with Gasteiger partial charge in [0.25, 0.3) is 0 Å². The molecule has 1 amide bonds. The average Bonchev–Trinajstić information content (AvgIpc) is 2.93. The molecule has 4 aromatic rings. The molecule has 1 N–H and O–H groups in total. The van der Waals surface area contributed by atoms with Crippen LogP contribution in [0.4, 0.5) is 20.2 Å². The standard InChI is InChI=1S/C32H30F2N2O2/c1-35(2)28-5-3-4-24(20-28)21-6-8-23(9-7-21)31-29(18-19-30(37)22-10-12-25(33)13-11-22)32(38)36(31)27-16-14-26(34)15-17-27/h3-17,20,29-31,37H,18-19H2,1-2H3/t29-,30+,31-/m1/s1. The van der Waals surface area contributed by atoms with E-state index in [9.17, 15) is 18.7 Å². The fraction of sp³-hybridized carbons (Fsp3) is 0.219. The second-order valence-corrected chi connectivity index (χ2v) is 9.95. The SMILES string of the molecule is CN(C)c1cccc(-c2ccc([C@@H]3[C@@H](CC[C@H](O)c4ccc(F)cc4)C(=O)N3c3ccc(F)cc3)cc2)c1. The molecule has 0 unspecified atom stereocenters. The lowest BCUT2D eigenvalue weighted by molar-refractivity contribution is -0.131. The van der Waals surface area contributed by atoms with Gasteiger partial charge in [-0.25, -0.2) is 8.78 Å². The van der Waals surface area contributed by atoms with Gasteiger partial charge in [-0.05, 0) is 83.6 Å². The number of halogens is 2. The molecule has 6 heteroatoms. The van der Waals surface area contributed by atoms with Crippen LogP contribution < -0.4 is 9.80 Å². The van der Waals surface area contributed by atoms with Crippen molar-refractivity contribution in [2.24, 2.45) is 5.92 Å². The van der Waals surface area contributed by atoms with Crippen molar-refractivity contribution in [1.29, 1.82) is 0 Å². The third-order valence-electron chi connectivity index (χ3n) is 7.27. The fourth-order valence-electron chi connectivity index (χ4n) is 5.13. The summed E-state index contributed by atoms with van der Waals surface area (Å²) in [6.07, 6.45) is 0.0349. The Morgan fingerprint density at radius 2 is 1.47 bits per heavy atom. The van der Waals surface area contributed by atoms with Crippen LogP contribution >= 0.6 is 0 Å². The van der Waals surface area contributed by atoms with E-state index in [2.05, 4.69) is 35.2 Å². The average molecular weight is 513 g/mol. The van der Waals surface area contributed by atoms with Crippen LogP contribution in [0.1, 0.15) is 36.1 Å². The monoisotopic (exact) mass is 512 g/mol. The van der Waals surface area contributed by atoms with Gasteiger partial charge in [0, 0.05) is 25.5 Å². The zero-order valence-corrected chi connectivity index (χ0v) is 21.4. The Hall–Kier alpha value is -4.03. The predicted octanol–water partition coefficient (Wildman–Crippen LogP) is 6.92. The van der Waals surface area contributed by atoms with Gasteiger partial charge in [-0.15, -0.1) is 0 Å². The number of carbonyl (C=O) groups is 1. The molecule has 0 saturated carbocycles. The van der Waals surface area contributed by atoms with Crippen LogP contribution in [0.15, 0.2) is 97.1 Å². The summed E-state index contributed by atoms with van der Waals surface area (Å²) in [7, 11) is 4.01. The Bertz CT molecular complexity index is 1400. The summed E-state index contributed by atoms with van der Waals surface area (Å²) in [5.41, 5.74) is 5.51. The van der Waals surface area contributed by atoms with E-state index in [4.69, 9.17) is 0 Å². The van der Waals surface area contributed by atoms with Gasteiger partial charge < -0.3 is 14.9 Å². The van der Waals surface area contributed by atoms with Gasteiger partial charge in [0.05, 0.1) is 18.1 Å². The number of benzene rings is 4. The van der Waals surface area contributed by atoms with Gasteiger partial charge in [-0.3, -0.25) is 4.79 Å². The Balaban J connectivity index is 1.40. The number of amides is 1. The molecule has 3 atom stereocenters. The molecule has 4 nitrogen and oxygen atoms in total. The Labute approximate surface area is 221 Å². The molecule has 194 valence electrons. The van der Waals surface area contributed by atoms with Crippen LogP contribution in [-0.4, -0.2) is 25.1 Å². The number of rotatable bonds is 8. The molecule has 1 saturated heterocycles. The van der Waals surface area contributed by atoms with Crippen molar-refractivity contribution >= 4 is 17.3 Å². The number of nitrogens with zero attached hydrogens (tertiary/aromatic N) is 2. The second-order valence-electron chi connectivity index (χ2n) is 9.95. The maximum Gasteiger partial charge on any atom is 0.233 e. The molecule has 1 aliphatic rings. The van der Waals surface area contributed by atoms with Crippen LogP contribution in [0.3, 0.4) is 0 Å². The van der Waals surface area contributed by atoms with Crippen LogP contribution in [0.2, 0.25) is 0 Å². The highest BCUT2D eigenvalue weighted by Crippen LogP contribution is 2.46. The molecule has 0 bridgehead atoms. The number of hydrogen-bond acceptors (Lipinski definition) is 3. The van der Waals surface area contributed by atoms with E-state index >= 15 is 0 Å². The first-order valence-corrected chi connectivity index (χ1v) is 12.7. The molecule has 0 aromatic heterocycles. The first-order chi connectivity index (χ1) is 18.3. The molecule has 5 rings (SSSR count). The first kappa shape index (κ1) is 25.6. The van der Waals surface area contributed by atoms with Crippen molar-refractivity contribution < 1.29 is 18.7 Å². The first-order valence-electron chi connectivity index (χ1n) is 12.7. The summed E-state index contributed by atoms with van der Waals surface area (Å²) < 4.78 is 26.9. The van der Waals surface area contributed by atoms with Gasteiger partial charge >= 0.3 is 0 Å². The minimum atomic E-state index is -0.796. The van der Waals surface area contributed by atoms with Crippen LogP contribution in [0, 0.1) is 17.6 Å². The van der Waals surface area contributed by atoms with Gasteiger partial charge in [0.1, 0.15) is 11.6 Å². The lowest BCUT2D eigenvalue weighted by atomic mass is 9.78. The molecule has 38 heavy (non-hydrogen) atoms. The summed E-state index contributed by atoms with van der Waals surface area (Å²) in [5.74, 6) is -1.11. The Morgan fingerprint density at radius 3 is 2.11 bits per heavy atom. The van der Waals surface area contributed by atoms with Crippen molar-refractivity contribution in [2.75, 3.05) is 23.9 Å². The maximum atomic E-state index is 13.6. The molecule has 0 aliphatic carbocycles. The zero-order valence-electron chi connectivity index (χ0n) is 21.4. The van der Waals surface area contributed by atoms with Gasteiger partial charge in [0.15, 0.2) is 0 Å². The number of β-lactam (4-membered cyclic amide) rings is 1. The van der Waals surface area contributed by atoms with Crippen LogP contribution in [0.5, 0.6) is 0 Å². The fourth-order valence-corrected chi connectivity index (χ4v) is 5.13. The number of carbonyl (C=O) groups excluding carboxylic acids is 1. The van der Waals surface area contributed by atoms with Crippen LogP contribution in [0.25, 0.3) is 11.1 Å². The van der Waals surface area contributed by atoms with E-state index in [1.807, 2.05) is 32.3 Å². The minimum absolute atomic E-state index is 0.0596. The summed E-state index contributed by atoms with van der Waals surface area (Å²) >= 11 is 0. The highest BCUT2D eigenvalue weighted by atomic mass is 19.1.